The van der Waals surface area contributed by atoms with E-state index in [2.05, 4.69) is 4.98 Å². The average molecular weight is 488 g/mol. The van der Waals surface area contributed by atoms with E-state index in [1.54, 1.807) is 17.2 Å². The van der Waals surface area contributed by atoms with E-state index in [4.69, 9.17) is 9.47 Å². The predicted molar refractivity (Wildman–Crippen MR) is 139 cm³/mol. The normalized spacial score (nSPS) is 15.8. The summed E-state index contributed by atoms with van der Waals surface area (Å²) < 4.78 is 11.3. The summed E-state index contributed by atoms with van der Waals surface area (Å²) in [5.41, 5.74) is 1.88. The number of hydrogen-bond donors (Lipinski definition) is 0. The van der Waals surface area contributed by atoms with Crippen LogP contribution >= 0.6 is 0 Å². The summed E-state index contributed by atoms with van der Waals surface area (Å²) in [5.74, 6) is 0.452. The number of pyridine rings is 1. The van der Waals surface area contributed by atoms with Crippen molar-refractivity contribution in [2.45, 2.75) is 58.3 Å². The first-order valence-electron chi connectivity index (χ1n) is 12.3. The van der Waals surface area contributed by atoms with E-state index in [0.29, 0.717) is 18.1 Å². The van der Waals surface area contributed by atoms with Crippen LogP contribution in [0.3, 0.4) is 0 Å². The maximum atomic E-state index is 13.1. The predicted octanol–water partition coefficient (Wildman–Crippen LogP) is 7.02. The van der Waals surface area contributed by atoms with Gasteiger partial charge in [-0.05, 0) is 69.4 Å². The Balaban J connectivity index is 1.53. The Morgan fingerprint density at radius 1 is 0.972 bits per heavy atom. The summed E-state index contributed by atoms with van der Waals surface area (Å²) in [6, 6.07) is 22.6. The Morgan fingerprint density at radius 2 is 1.67 bits per heavy atom. The Kier molecular flexibility index (Phi) is 7.88. The smallest absolute Gasteiger partial charge is 0.420 e. The number of para-hydroxylation sites is 1. The lowest BCUT2D eigenvalue weighted by Gasteiger charge is -2.35. The van der Waals surface area contributed by atoms with Crippen molar-refractivity contribution in [2.24, 2.45) is 0 Å². The lowest BCUT2D eigenvalue weighted by atomic mass is 9.97. The quantitative estimate of drug-likeness (QED) is 0.387. The molecule has 0 saturated carbocycles. The second-order valence-corrected chi connectivity index (χ2v) is 9.85. The summed E-state index contributed by atoms with van der Waals surface area (Å²) in [6.07, 6.45) is 3.69. The topological polar surface area (TPSA) is 72.0 Å². The number of aromatic nitrogens is 1. The van der Waals surface area contributed by atoms with Crippen LogP contribution in [0.4, 0.5) is 21.1 Å². The number of hydrogen-bond acceptors (Lipinski definition) is 5. The highest BCUT2D eigenvalue weighted by molar-refractivity contribution is 5.95. The SMILES string of the molecule is CC(C)(C)OC(=O)N(c1ccccc1)c1ccc([C@H]2CCCCN2C(=O)OCc2ccccc2)cn1. The molecule has 36 heavy (non-hydrogen) atoms. The van der Waals surface area contributed by atoms with E-state index >= 15 is 0 Å². The zero-order valence-electron chi connectivity index (χ0n) is 21.1. The molecule has 1 saturated heterocycles. The third-order valence-electron chi connectivity index (χ3n) is 5.92. The van der Waals surface area contributed by atoms with Gasteiger partial charge in [-0.2, -0.15) is 0 Å². The minimum absolute atomic E-state index is 0.129. The van der Waals surface area contributed by atoms with E-state index < -0.39 is 11.7 Å². The maximum absolute atomic E-state index is 13.1. The Hall–Kier alpha value is -3.87. The Labute approximate surface area is 212 Å². The molecule has 0 N–H and O–H groups in total. The fourth-order valence-corrected chi connectivity index (χ4v) is 4.24. The Bertz CT molecular complexity index is 1140. The molecule has 1 aliphatic heterocycles. The third kappa shape index (κ3) is 6.42. The van der Waals surface area contributed by atoms with Crippen molar-refractivity contribution in [1.82, 2.24) is 9.88 Å². The van der Waals surface area contributed by atoms with Gasteiger partial charge in [0.05, 0.1) is 11.7 Å². The van der Waals surface area contributed by atoms with Crippen LogP contribution in [-0.4, -0.2) is 34.2 Å². The second kappa shape index (κ2) is 11.2. The molecule has 2 heterocycles. The van der Waals surface area contributed by atoms with Crippen molar-refractivity contribution in [3.05, 3.63) is 90.1 Å². The number of ether oxygens (including phenoxy) is 2. The number of likely N-dealkylation sites (tertiary alicyclic amines) is 1. The zero-order chi connectivity index (χ0) is 25.5. The van der Waals surface area contributed by atoms with Crippen LogP contribution in [0.25, 0.3) is 0 Å². The molecule has 2 aromatic carbocycles. The third-order valence-corrected chi connectivity index (χ3v) is 5.92. The first kappa shape index (κ1) is 25.2. The molecule has 0 bridgehead atoms. The second-order valence-electron chi connectivity index (χ2n) is 9.85. The van der Waals surface area contributed by atoms with Crippen LogP contribution in [0, 0.1) is 0 Å². The van der Waals surface area contributed by atoms with Gasteiger partial charge in [0.15, 0.2) is 0 Å². The van der Waals surface area contributed by atoms with Crippen LogP contribution in [0.15, 0.2) is 79.0 Å². The molecule has 188 valence electrons. The monoisotopic (exact) mass is 487 g/mol. The number of anilines is 2. The summed E-state index contributed by atoms with van der Waals surface area (Å²) >= 11 is 0. The highest BCUT2D eigenvalue weighted by atomic mass is 16.6. The van der Waals surface area contributed by atoms with Crippen LogP contribution in [0.2, 0.25) is 0 Å². The molecular weight excluding hydrogens is 454 g/mol. The molecule has 7 nitrogen and oxygen atoms in total. The van der Waals surface area contributed by atoms with Crippen LogP contribution < -0.4 is 4.90 Å². The van der Waals surface area contributed by atoms with Crippen molar-refractivity contribution >= 4 is 23.7 Å². The van der Waals surface area contributed by atoms with E-state index in [9.17, 15) is 9.59 Å². The van der Waals surface area contributed by atoms with Crippen LogP contribution in [0.1, 0.15) is 57.2 Å². The lowest BCUT2D eigenvalue weighted by Crippen LogP contribution is -2.39. The molecule has 4 rings (SSSR count). The van der Waals surface area contributed by atoms with Gasteiger partial charge in [-0.15, -0.1) is 0 Å². The van der Waals surface area contributed by atoms with Gasteiger partial charge >= 0.3 is 12.2 Å². The number of nitrogens with zero attached hydrogens (tertiary/aromatic N) is 3. The van der Waals surface area contributed by atoms with E-state index in [-0.39, 0.29) is 18.7 Å². The molecule has 1 atom stereocenters. The van der Waals surface area contributed by atoms with Crippen molar-refractivity contribution < 1.29 is 19.1 Å². The van der Waals surface area contributed by atoms with Crippen molar-refractivity contribution in [3.8, 4) is 0 Å². The number of carbonyl (C=O) groups excluding carboxylic acids is 2. The molecular formula is C29H33N3O4. The fourth-order valence-electron chi connectivity index (χ4n) is 4.24. The maximum Gasteiger partial charge on any atom is 0.420 e. The Morgan fingerprint density at radius 3 is 2.31 bits per heavy atom. The van der Waals surface area contributed by atoms with Gasteiger partial charge in [-0.3, -0.25) is 0 Å². The molecule has 0 spiro atoms. The lowest BCUT2D eigenvalue weighted by molar-refractivity contribution is 0.0598. The van der Waals surface area contributed by atoms with Crippen LogP contribution in [0.5, 0.6) is 0 Å². The van der Waals surface area contributed by atoms with Gasteiger partial charge in [0, 0.05) is 12.7 Å². The summed E-state index contributed by atoms with van der Waals surface area (Å²) in [7, 11) is 0. The highest BCUT2D eigenvalue weighted by Crippen LogP contribution is 2.33. The molecule has 1 aromatic heterocycles. The highest BCUT2D eigenvalue weighted by Gasteiger charge is 2.30. The summed E-state index contributed by atoms with van der Waals surface area (Å²) in [6.45, 7) is 6.37. The van der Waals surface area contributed by atoms with E-state index in [1.165, 1.54) is 4.90 Å². The number of piperidine rings is 1. The minimum Gasteiger partial charge on any atom is -0.445 e. The van der Waals surface area contributed by atoms with Crippen LogP contribution in [-0.2, 0) is 16.1 Å². The van der Waals surface area contributed by atoms with Gasteiger partial charge in [-0.1, -0.05) is 54.6 Å². The molecule has 7 heteroatoms. The first-order valence-corrected chi connectivity index (χ1v) is 12.3. The molecule has 3 aromatic rings. The van der Waals surface area contributed by atoms with Gasteiger partial charge in [-0.25, -0.2) is 19.5 Å². The number of amides is 2. The molecule has 1 fully saturated rings. The molecule has 0 unspecified atom stereocenters. The van der Waals surface area contributed by atoms with Gasteiger partial charge in [0.25, 0.3) is 0 Å². The average Bonchev–Trinajstić information content (AvgIpc) is 2.88. The number of rotatable bonds is 5. The first-order chi connectivity index (χ1) is 17.3. The van der Waals surface area contributed by atoms with Gasteiger partial charge in [0.2, 0.25) is 0 Å². The number of benzene rings is 2. The number of carbonyl (C=O) groups is 2. The molecule has 2 amide bonds. The fraction of sp³-hybridized carbons (Fsp3) is 0.345. The van der Waals surface area contributed by atoms with Gasteiger partial charge in [0.1, 0.15) is 18.0 Å². The summed E-state index contributed by atoms with van der Waals surface area (Å²) in [5, 5.41) is 0. The zero-order valence-corrected chi connectivity index (χ0v) is 21.1. The standard InChI is InChI=1S/C29H33N3O4/c1-29(2,3)36-28(34)32(24-14-8-5-9-15-24)26-18-17-23(20-30-26)25-16-10-11-19-31(25)27(33)35-21-22-12-6-4-7-13-22/h4-9,12-15,17-18,20,25H,10-11,16,19,21H2,1-3H3/t25-/m1/s1. The van der Waals surface area contributed by atoms with E-state index in [0.717, 1.165) is 30.4 Å². The molecule has 0 radical (unpaired) electrons. The summed E-state index contributed by atoms with van der Waals surface area (Å²) in [4.78, 5) is 33.9. The van der Waals surface area contributed by atoms with Gasteiger partial charge < -0.3 is 14.4 Å². The van der Waals surface area contributed by atoms with E-state index in [1.807, 2.05) is 87.5 Å². The molecule has 0 aliphatic carbocycles. The molecule has 1 aliphatic rings. The van der Waals surface area contributed by atoms with Crippen molar-refractivity contribution in [2.75, 3.05) is 11.4 Å². The van der Waals surface area contributed by atoms with Crippen molar-refractivity contribution in [3.63, 3.8) is 0 Å². The minimum atomic E-state index is -0.646. The largest absolute Gasteiger partial charge is 0.445 e. The van der Waals surface area contributed by atoms with Crippen molar-refractivity contribution in [1.29, 1.82) is 0 Å².